The highest BCUT2D eigenvalue weighted by atomic mass is 16.3. The van der Waals surface area contributed by atoms with Gasteiger partial charge >= 0.3 is 0 Å². The van der Waals surface area contributed by atoms with Gasteiger partial charge in [0.15, 0.2) is 5.58 Å². The van der Waals surface area contributed by atoms with Crippen molar-refractivity contribution in [1.29, 1.82) is 0 Å². The molecule has 3 nitrogen and oxygen atoms in total. The number of pyridine rings is 1. The van der Waals surface area contributed by atoms with Crippen LogP contribution in [0.5, 0.6) is 0 Å². The summed E-state index contributed by atoms with van der Waals surface area (Å²) in [7, 11) is 0. The molecule has 0 spiro atoms. The average Bonchev–Trinajstić information content (AvgIpc) is 3.55. The Kier molecular flexibility index (Phi) is 6.49. The number of benzene rings is 8. The Balaban J connectivity index is 1.11. The third kappa shape index (κ3) is 4.71. The molecule has 0 amide bonds. The molecule has 0 aliphatic rings. The topological polar surface area (TPSA) is 29.3 Å². The van der Waals surface area contributed by atoms with Gasteiger partial charge in [-0.2, -0.15) is 0 Å². The second kappa shape index (κ2) is 11.5. The first-order valence-corrected chi connectivity index (χ1v) is 17.0. The summed E-state index contributed by atoms with van der Waals surface area (Å²) < 4.78 is 6.22. The van der Waals surface area contributed by atoms with Crippen molar-refractivity contribution in [3.05, 3.63) is 182 Å². The van der Waals surface area contributed by atoms with E-state index in [2.05, 4.69) is 169 Å². The van der Waals surface area contributed by atoms with Gasteiger partial charge in [-0.3, -0.25) is 0 Å². The molecule has 2 heterocycles. The number of para-hydroxylation sites is 1. The van der Waals surface area contributed by atoms with Gasteiger partial charge in [-0.05, 0) is 111 Å². The SMILES string of the molecule is c1ccc(-c2ccc(N(c3ccc(-c4cc5ccccc5c5ccccc45)cc3)c3ccc4nc5c(cc4c3)oc3ccccc35)cc2)cc1. The van der Waals surface area contributed by atoms with Gasteiger partial charge in [0, 0.05) is 27.8 Å². The smallest absolute Gasteiger partial charge is 0.154 e. The Morgan fingerprint density at radius 3 is 1.76 bits per heavy atom. The van der Waals surface area contributed by atoms with E-state index in [0.717, 1.165) is 50.0 Å². The van der Waals surface area contributed by atoms with Gasteiger partial charge < -0.3 is 9.32 Å². The van der Waals surface area contributed by atoms with Gasteiger partial charge in [0.2, 0.25) is 0 Å². The molecule has 2 aromatic heterocycles. The fourth-order valence-corrected chi connectivity index (χ4v) is 7.39. The zero-order valence-corrected chi connectivity index (χ0v) is 27.1. The summed E-state index contributed by atoms with van der Waals surface area (Å²) in [6, 6.07) is 64.7. The molecule has 0 saturated carbocycles. The standard InChI is InChI=1S/C47H30N2O/c1-2-10-31(11-3-1)32-18-22-36(23-19-32)49(38-26-27-44-35(28-38)30-46-47(48-44)42-16-8-9-17-45(42)50-46)37-24-20-33(21-25-37)43-29-34-12-4-5-13-39(34)40-14-6-7-15-41(40)43/h1-30H. The fraction of sp³-hybridized carbons (Fsp3) is 0. The number of furan rings is 1. The van der Waals surface area contributed by atoms with Crippen LogP contribution in [0.2, 0.25) is 0 Å². The average molecular weight is 639 g/mol. The van der Waals surface area contributed by atoms with E-state index in [0.29, 0.717) is 0 Å². The molecule has 0 atom stereocenters. The summed E-state index contributed by atoms with van der Waals surface area (Å²) in [5.74, 6) is 0. The lowest BCUT2D eigenvalue weighted by Crippen LogP contribution is -2.10. The molecule has 0 saturated heterocycles. The van der Waals surface area contributed by atoms with Crippen LogP contribution in [0.3, 0.4) is 0 Å². The minimum atomic E-state index is 0.793. The number of fused-ring (bicyclic) bond motifs is 7. The Bertz CT molecular complexity index is 2850. The van der Waals surface area contributed by atoms with Crippen molar-refractivity contribution in [2.45, 2.75) is 0 Å². The van der Waals surface area contributed by atoms with Crippen molar-refractivity contribution in [3.63, 3.8) is 0 Å². The fourth-order valence-electron chi connectivity index (χ4n) is 7.39. The minimum absolute atomic E-state index is 0.793. The summed E-state index contributed by atoms with van der Waals surface area (Å²) in [5, 5.41) is 7.11. The molecule has 0 fully saturated rings. The number of hydrogen-bond acceptors (Lipinski definition) is 3. The van der Waals surface area contributed by atoms with Gasteiger partial charge in [0.05, 0.1) is 5.52 Å². The van der Waals surface area contributed by atoms with Crippen LogP contribution in [-0.2, 0) is 0 Å². The lowest BCUT2D eigenvalue weighted by Gasteiger charge is -2.26. The third-order valence-electron chi connectivity index (χ3n) is 9.82. The predicted molar refractivity (Wildman–Crippen MR) is 210 cm³/mol. The lowest BCUT2D eigenvalue weighted by molar-refractivity contribution is 0.669. The van der Waals surface area contributed by atoms with Crippen LogP contribution in [0.25, 0.3) is 76.8 Å². The van der Waals surface area contributed by atoms with E-state index in [4.69, 9.17) is 9.40 Å². The summed E-state index contributed by atoms with van der Waals surface area (Å²) in [5.41, 5.74) is 11.5. The van der Waals surface area contributed by atoms with Crippen LogP contribution in [0.15, 0.2) is 186 Å². The first-order chi connectivity index (χ1) is 24.8. The zero-order valence-electron chi connectivity index (χ0n) is 27.1. The normalized spacial score (nSPS) is 11.6. The number of nitrogens with zero attached hydrogens (tertiary/aromatic N) is 2. The number of aromatic nitrogens is 1. The van der Waals surface area contributed by atoms with E-state index in [1.54, 1.807) is 0 Å². The maximum absolute atomic E-state index is 6.22. The predicted octanol–water partition coefficient (Wildman–Crippen LogP) is 13.2. The van der Waals surface area contributed by atoms with Crippen molar-refractivity contribution in [2.75, 3.05) is 4.90 Å². The molecule has 8 aromatic carbocycles. The van der Waals surface area contributed by atoms with E-state index in [1.807, 2.05) is 18.2 Å². The second-order valence-corrected chi connectivity index (χ2v) is 12.8. The van der Waals surface area contributed by atoms with E-state index in [9.17, 15) is 0 Å². The Labute approximate surface area is 289 Å². The summed E-state index contributed by atoms with van der Waals surface area (Å²) in [6.07, 6.45) is 0. The van der Waals surface area contributed by atoms with E-state index < -0.39 is 0 Å². The van der Waals surface area contributed by atoms with Crippen LogP contribution in [0.4, 0.5) is 17.1 Å². The van der Waals surface area contributed by atoms with Crippen molar-refractivity contribution in [2.24, 2.45) is 0 Å². The molecular formula is C47H30N2O. The van der Waals surface area contributed by atoms with Crippen molar-refractivity contribution in [3.8, 4) is 22.3 Å². The molecule has 50 heavy (non-hydrogen) atoms. The molecule has 10 rings (SSSR count). The summed E-state index contributed by atoms with van der Waals surface area (Å²) >= 11 is 0. The highest BCUT2D eigenvalue weighted by Gasteiger charge is 2.17. The van der Waals surface area contributed by atoms with Crippen LogP contribution in [0, 0.1) is 0 Å². The minimum Gasteiger partial charge on any atom is -0.454 e. The Hall–Kier alpha value is -6.71. The van der Waals surface area contributed by atoms with E-state index >= 15 is 0 Å². The highest BCUT2D eigenvalue weighted by Crippen LogP contribution is 2.40. The molecule has 0 radical (unpaired) electrons. The largest absolute Gasteiger partial charge is 0.454 e. The van der Waals surface area contributed by atoms with Gasteiger partial charge in [0.25, 0.3) is 0 Å². The molecule has 234 valence electrons. The maximum Gasteiger partial charge on any atom is 0.154 e. The maximum atomic E-state index is 6.22. The second-order valence-electron chi connectivity index (χ2n) is 12.8. The first kappa shape index (κ1) is 28.3. The molecule has 3 heteroatoms. The van der Waals surface area contributed by atoms with E-state index in [1.165, 1.54) is 43.8 Å². The molecule has 0 unspecified atom stereocenters. The van der Waals surface area contributed by atoms with Crippen LogP contribution in [0.1, 0.15) is 0 Å². The van der Waals surface area contributed by atoms with Gasteiger partial charge in [-0.15, -0.1) is 0 Å². The Morgan fingerprint density at radius 1 is 0.380 bits per heavy atom. The molecule has 0 aliphatic heterocycles. The Morgan fingerprint density at radius 2 is 0.980 bits per heavy atom. The van der Waals surface area contributed by atoms with Gasteiger partial charge in [0.1, 0.15) is 11.1 Å². The number of rotatable bonds is 5. The molecule has 0 N–H and O–H groups in total. The third-order valence-corrected chi connectivity index (χ3v) is 9.82. The highest BCUT2D eigenvalue weighted by molar-refractivity contribution is 6.14. The van der Waals surface area contributed by atoms with Crippen LogP contribution in [-0.4, -0.2) is 4.98 Å². The van der Waals surface area contributed by atoms with Crippen LogP contribution < -0.4 is 4.90 Å². The summed E-state index contributed by atoms with van der Waals surface area (Å²) in [4.78, 5) is 7.36. The zero-order chi connectivity index (χ0) is 33.0. The number of anilines is 3. The monoisotopic (exact) mass is 638 g/mol. The quantitative estimate of drug-likeness (QED) is 0.176. The molecule has 0 aliphatic carbocycles. The lowest BCUT2D eigenvalue weighted by atomic mass is 9.93. The summed E-state index contributed by atoms with van der Waals surface area (Å²) in [6.45, 7) is 0. The van der Waals surface area contributed by atoms with Crippen molar-refractivity contribution >= 4 is 71.6 Å². The van der Waals surface area contributed by atoms with E-state index in [-0.39, 0.29) is 0 Å². The van der Waals surface area contributed by atoms with Crippen molar-refractivity contribution < 1.29 is 4.42 Å². The van der Waals surface area contributed by atoms with Gasteiger partial charge in [-0.1, -0.05) is 115 Å². The molecular weight excluding hydrogens is 609 g/mol. The van der Waals surface area contributed by atoms with Crippen molar-refractivity contribution in [1.82, 2.24) is 4.98 Å². The number of hydrogen-bond donors (Lipinski definition) is 0. The van der Waals surface area contributed by atoms with Gasteiger partial charge in [-0.25, -0.2) is 4.98 Å². The van der Waals surface area contributed by atoms with Crippen LogP contribution >= 0.6 is 0 Å². The molecule has 0 bridgehead atoms. The first-order valence-electron chi connectivity index (χ1n) is 17.0. The molecule has 10 aromatic rings.